The monoisotopic (exact) mass is 561 g/mol. The largest absolute Gasteiger partial charge is 0.492 e. The van der Waals surface area contributed by atoms with Gasteiger partial charge in [-0.15, -0.1) is 0 Å². The molecule has 0 bridgehead atoms. The quantitative estimate of drug-likeness (QED) is 0.222. The normalized spacial score (nSPS) is 24.6. The van der Waals surface area contributed by atoms with Crippen molar-refractivity contribution in [3.8, 4) is 0 Å². The molecular formula is C38H40ClNO. The Morgan fingerprint density at radius 1 is 0.732 bits per heavy atom. The highest BCUT2D eigenvalue weighted by Crippen LogP contribution is 2.50. The van der Waals surface area contributed by atoms with Crippen molar-refractivity contribution >= 4 is 17.3 Å². The van der Waals surface area contributed by atoms with Gasteiger partial charge in [0.15, 0.2) is 0 Å². The second kappa shape index (κ2) is 11.8. The summed E-state index contributed by atoms with van der Waals surface area (Å²) in [6.07, 6.45) is 5.96. The van der Waals surface area contributed by atoms with E-state index in [2.05, 4.69) is 135 Å². The van der Waals surface area contributed by atoms with Crippen molar-refractivity contribution in [1.82, 2.24) is 0 Å². The molecule has 0 N–H and O–H groups in total. The first-order valence-corrected chi connectivity index (χ1v) is 15.4. The van der Waals surface area contributed by atoms with Crippen LogP contribution in [0.5, 0.6) is 0 Å². The number of rotatable bonds is 7. The Labute approximate surface area is 250 Å². The summed E-state index contributed by atoms with van der Waals surface area (Å²) in [4.78, 5) is 2.51. The van der Waals surface area contributed by atoms with Crippen LogP contribution in [0.4, 0.5) is 5.69 Å². The van der Waals surface area contributed by atoms with Gasteiger partial charge in [0, 0.05) is 16.6 Å². The van der Waals surface area contributed by atoms with Crippen molar-refractivity contribution in [2.75, 3.05) is 4.90 Å². The molecule has 0 aromatic heterocycles. The molecule has 0 radical (unpaired) electrons. The lowest BCUT2D eigenvalue weighted by Crippen LogP contribution is -2.43. The van der Waals surface area contributed by atoms with Gasteiger partial charge in [-0.25, -0.2) is 0 Å². The van der Waals surface area contributed by atoms with E-state index in [-0.39, 0.29) is 23.6 Å². The molecule has 210 valence electrons. The van der Waals surface area contributed by atoms with E-state index in [0.717, 1.165) is 23.6 Å². The fourth-order valence-corrected chi connectivity index (χ4v) is 7.18. The zero-order valence-corrected chi connectivity index (χ0v) is 25.0. The molecule has 4 aromatic rings. The number of para-hydroxylation sites is 1. The number of hydrogen-bond donors (Lipinski definition) is 0. The van der Waals surface area contributed by atoms with Crippen LogP contribution in [0.1, 0.15) is 68.8 Å². The van der Waals surface area contributed by atoms with Crippen LogP contribution in [-0.4, -0.2) is 6.10 Å². The van der Waals surface area contributed by atoms with E-state index < -0.39 is 0 Å². The standard InChI is InChI=1S/C38H40ClNO/c1-27-19-24-33(38(2,3)30-15-9-5-10-16-30)35(25-27)41-36-26-34(28-13-7-4-8-14-28)40(32-17-11-6-12-18-32)37(36)29-20-22-31(39)23-21-29/h4-18,20-23,26-27,33-35,37H,19,24-25H2,1-3H3/t27-,33-,34-,35-,37+/m1/s1. The van der Waals surface area contributed by atoms with Gasteiger partial charge in [-0.2, -0.15) is 0 Å². The molecule has 1 fully saturated rings. The Morgan fingerprint density at radius 3 is 2.00 bits per heavy atom. The lowest BCUT2D eigenvalue weighted by molar-refractivity contribution is -0.0154. The average Bonchev–Trinajstić information content (AvgIpc) is 3.38. The smallest absolute Gasteiger partial charge is 0.122 e. The lowest BCUT2D eigenvalue weighted by atomic mass is 9.64. The van der Waals surface area contributed by atoms with Gasteiger partial charge < -0.3 is 9.64 Å². The van der Waals surface area contributed by atoms with E-state index >= 15 is 0 Å². The third kappa shape index (κ3) is 5.68. The Morgan fingerprint density at radius 2 is 1.34 bits per heavy atom. The van der Waals surface area contributed by atoms with Gasteiger partial charge in [-0.05, 0) is 71.2 Å². The maximum atomic E-state index is 7.33. The van der Waals surface area contributed by atoms with Crippen molar-refractivity contribution in [2.45, 2.75) is 63.6 Å². The van der Waals surface area contributed by atoms with Crippen molar-refractivity contribution in [3.05, 3.63) is 149 Å². The van der Waals surface area contributed by atoms with Gasteiger partial charge in [-0.1, -0.05) is 130 Å². The van der Waals surface area contributed by atoms with Crippen LogP contribution in [0.15, 0.2) is 127 Å². The SMILES string of the molecule is C[C@@H]1CC[C@@H](C(C)(C)c2ccccc2)[C@H](OC2=C[C@H](c3ccccc3)N(c3ccccc3)[C@H]2c2ccc(Cl)cc2)C1. The minimum atomic E-state index is -0.0578. The summed E-state index contributed by atoms with van der Waals surface area (Å²) in [5.41, 5.74) is 5.00. The van der Waals surface area contributed by atoms with Crippen molar-refractivity contribution in [3.63, 3.8) is 0 Å². The first kappa shape index (κ1) is 27.7. The van der Waals surface area contributed by atoms with Crippen molar-refractivity contribution in [2.24, 2.45) is 11.8 Å². The summed E-state index contributed by atoms with van der Waals surface area (Å²) in [5, 5.41) is 0.745. The van der Waals surface area contributed by atoms with Crippen molar-refractivity contribution < 1.29 is 4.74 Å². The molecule has 1 aliphatic heterocycles. The number of halogens is 1. The minimum absolute atomic E-state index is 0.00104. The Hall–Kier alpha value is -3.49. The molecule has 41 heavy (non-hydrogen) atoms. The Kier molecular flexibility index (Phi) is 7.95. The summed E-state index contributed by atoms with van der Waals surface area (Å²) in [5.74, 6) is 2.08. The second-order valence-electron chi connectivity index (χ2n) is 12.4. The van der Waals surface area contributed by atoms with Crippen LogP contribution in [0, 0.1) is 11.8 Å². The third-order valence-corrected chi connectivity index (χ3v) is 9.59. The van der Waals surface area contributed by atoms with Crippen LogP contribution in [-0.2, 0) is 10.2 Å². The molecule has 1 heterocycles. The number of benzene rings is 4. The van der Waals surface area contributed by atoms with Crippen LogP contribution in [0.25, 0.3) is 0 Å². The fourth-order valence-electron chi connectivity index (χ4n) is 7.06. The van der Waals surface area contributed by atoms with Crippen LogP contribution < -0.4 is 4.90 Å². The van der Waals surface area contributed by atoms with E-state index in [1.165, 1.54) is 28.8 Å². The topological polar surface area (TPSA) is 12.5 Å². The predicted octanol–water partition coefficient (Wildman–Crippen LogP) is 10.3. The van der Waals surface area contributed by atoms with Gasteiger partial charge in [-0.3, -0.25) is 0 Å². The van der Waals surface area contributed by atoms with E-state index in [0.29, 0.717) is 11.8 Å². The van der Waals surface area contributed by atoms with E-state index in [4.69, 9.17) is 16.3 Å². The number of nitrogens with zero attached hydrogens (tertiary/aromatic N) is 1. The van der Waals surface area contributed by atoms with Gasteiger partial charge in [0.1, 0.15) is 17.9 Å². The van der Waals surface area contributed by atoms with E-state index in [1.54, 1.807) is 0 Å². The third-order valence-electron chi connectivity index (χ3n) is 9.34. The zero-order valence-electron chi connectivity index (χ0n) is 24.3. The highest BCUT2D eigenvalue weighted by atomic mass is 35.5. The Balaban J connectivity index is 1.44. The van der Waals surface area contributed by atoms with Crippen LogP contribution in [0.2, 0.25) is 5.02 Å². The second-order valence-corrected chi connectivity index (χ2v) is 12.8. The number of hydrogen-bond acceptors (Lipinski definition) is 2. The summed E-state index contributed by atoms with van der Waals surface area (Å²) in [7, 11) is 0. The van der Waals surface area contributed by atoms with Gasteiger partial charge in [0.2, 0.25) is 0 Å². The maximum Gasteiger partial charge on any atom is 0.122 e. The molecule has 1 saturated carbocycles. The predicted molar refractivity (Wildman–Crippen MR) is 171 cm³/mol. The molecule has 4 aromatic carbocycles. The summed E-state index contributed by atoms with van der Waals surface area (Å²) in [6.45, 7) is 7.19. The summed E-state index contributed by atoms with van der Waals surface area (Å²) >= 11 is 6.37. The first-order chi connectivity index (χ1) is 19.9. The highest BCUT2D eigenvalue weighted by molar-refractivity contribution is 6.30. The molecular weight excluding hydrogens is 522 g/mol. The van der Waals surface area contributed by atoms with E-state index in [1.807, 2.05) is 12.1 Å². The van der Waals surface area contributed by atoms with Crippen LogP contribution >= 0.6 is 11.6 Å². The number of anilines is 1. The van der Waals surface area contributed by atoms with Crippen LogP contribution in [0.3, 0.4) is 0 Å². The molecule has 2 nitrogen and oxygen atoms in total. The van der Waals surface area contributed by atoms with Gasteiger partial charge in [0.05, 0.1) is 6.04 Å². The average molecular weight is 562 g/mol. The maximum absolute atomic E-state index is 7.33. The molecule has 2 aliphatic rings. The lowest BCUT2D eigenvalue weighted by Gasteiger charge is -2.45. The zero-order chi connectivity index (χ0) is 28.4. The fraction of sp³-hybridized carbons (Fsp3) is 0.316. The molecule has 5 atom stereocenters. The summed E-state index contributed by atoms with van der Waals surface area (Å²) in [6, 6.07) is 40.8. The molecule has 1 aliphatic carbocycles. The number of ether oxygens (including phenoxy) is 1. The first-order valence-electron chi connectivity index (χ1n) is 15.0. The van der Waals surface area contributed by atoms with Gasteiger partial charge in [0.25, 0.3) is 0 Å². The minimum Gasteiger partial charge on any atom is -0.492 e. The molecule has 6 rings (SSSR count). The molecule has 0 unspecified atom stereocenters. The summed E-state index contributed by atoms with van der Waals surface area (Å²) < 4.78 is 7.33. The van der Waals surface area contributed by atoms with Gasteiger partial charge >= 0.3 is 0 Å². The molecule has 0 saturated heterocycles. The molecule has 3 heteroatoms. The molecule has 0 amide bonds. The van der Waals surface area contributed by atoms with Crippen molar-refractivity contribution in [1.29, 1.82) is 0 Å². The Bertz CT molecular complexity index is 1450. The van der Waals surface area contributed by atoms with E-state index in [9.17, 15) is 0 Å². The highest BCUT2D eigenvalue weighted by Gasteiger charge is 2.44. The molecule has 0 spiro atoms.